The average molecular weight is 253 g/mol. The van der Waals surface area contributed by atoms with E-state index in [1.54, 1.807) is 30.5 Å². The third kappa shape index (κ3) is 4.69. The quantitative estimate of drug-likeness (QED) is 0.791. The van der Waals surface area contributed by atoms with Crippen LogP contribution < -0.4 is 5.32 Å². The zero-order valence-electron chi connectivity index (χ0n) is 10.4. The van der Waals surface area contributed by atoms with Gasteiger partial charge >= 0.3 is 0 Å². The number of carbonyl (C=O) groups is 1. The topological polar surface area (TPSA) is 46.2 Å². The van der Waals surface area contributed by atoms with E-state index < -0.39 is 10.8 Å². The molecule has 0 aromatic heterocycles. The van der Waals surface area contributed by atoms with Crippen LogP contribution in [0.4, 0.5) is 0 Å². The Morgan fingerprint density at radius 2 is 1.88 bits per heavy atom. The van der Waals surface area contributed by atoms with Gasteiger partial charge in [0.2, 0.25) is 0 Å². The molecule has 0 aliphatic heterocycles. The number of rotatable bonds is 6. The third-order valence-corrected chi connectivity index (χ3v) is 3.45. The first kappa shape index (κ1) is 13.9. The van der Waals surface area contributed by atoms with Gasteiger partial charge in [0.25, 0.3) is 5.91 Å². The second-order valence-corrected chi connectivity index (χ2v) is 5.32. The van der Waals surface area contributed by atoms with Gasteiger partial charge in [-0.2, -0.15) is 0 Å². The number of nitrogens with one attached hydrogen (secondary N) is 1. The lowest BCUT2D eigenvalue weighted by atomic mass is 10.2. The lowest BCUT2D eigenvalue weighted by Gasteiger charge is -2.05. The molecule has 1 N–H and O–H groups in total. The Bertz CT molecular complexity index is 387. The van der Waals surface area contributed by atoms with Crippen molar-refractivity contribution in [3.05, 3.63) is 29.8 Å². The molecule has 1 unspecified atom stereocenters. The highest BCUT2D eigenvalue weighted by molar-refractivity contribution is 7.84. The van der Waals surface area contributed by atoms with E-state index in [-0.39, 0.29) is 5.91 Å². The number of amides is 1. The van der Waals surface area contributed by atoms with Crippen LogP contribution in [-0.2, 0) is 10.8 Å². The standard InChI is InChI=1S/C13H19NO2S/c1-3-4-5-10-14-13(15)11-6-8-12(9-7-11)17(2)16/h6-9H,3-5,10H2,1-2H3,(H,14,15). The van der Waals surface area contributed by atoms with Crippen molar-refractivity contribution in [1.82, 2.24) is 5.32 Å². The molecule has 1 atom stereocenters. The molecule has 94 valence electrons. The Morgan fingerprint density at radius 3 is 2.41 bits per heavy atom. The molecule has 3 nitrogen and oxygen atoms in total. The van der Waals surface area contributed by atoms with Crippen molar-refractivity contribution in [1.29, 1.82) is 0 Å². The number of carbonyl (C=O) groups excluding carboxylic acids is 1. The fraction of sp³-hybridized carbons (Fsp3) is 0.462. The van der Waals surface area contributed by atoms with Crippen LogP contribution in [0.2, 0.25) is 0 Å². The molecular weight excluding hydrogens is 234 g/mol. The summed E-state index contributed by atoms with van der Waals surface area (Å²) < 4.78 is 11.2. The van der Waals surface area contributed by atoms with Gasteiger partial charge in [0.1, 0.15) is 0 Å². The van der Waals surface area contributed by atoms with Gasteiger partial charge in [0, 0.05) is 34.1 Å². The molecule has 1 aromatic rings. The number of benzene rings is 1. The van der Waals surface area contributed by atoms with Crippen molar-refractivity contribution in [3.8, 4) is 0 Å². The number of hydrogen-bond acceptors (Lipinski definition) is 2. The molecule has 1 aromatic carbocycles. The molecule has 0 aliphatic rings. The Morgan fingerprint density at radius 1 is 1.24 bits per heavy atom. The van der Waals surface area contributed by atoms with Gasteiger partial charge in [0.05, 0.1) is 0 Å². The normalized spacial score (nSPS) is 12.1. The molecule has 1 amide bonds. The zero-order chi connectivity index (χ0) is 12.7. The fourth-order valence-electron chi connectivity index (χ4n) is 1.48. The van der Waals surface area contributed by atoms with E-state index in [0.717, 1.165) is 24.2 Å². The van der Waals surface area contributed by atoms with E-state index in [1.807, 2.05) is 0 Å². The molecule has 4 heteroatoms. The minimum atomic E-state index is -0.990. The van der Waals surface area contributed by atoms with E-state index in [2.05, 4.69) is 12.2 Å². The predicted molar refractivity (Wildman–Crippen MR) is 70.6 cm³/mol. The Labute approximate surface area is 105 Å². The monoisotopic (exact) mass is 253 g/mol. The maximum atomic E-state index is 11.7. The van der Waals surface area contributed by atoms with Crippen LogP contribution in [0.1, 0.15) is 36.5 Å². The van der Waals surface area contributed by atoms with Gasteiger partial charge in [-0.15, -0.1) is 0 Å². The zero-order valence-corrected chi connectivity index (χ0v) is 11.2. The molecule has 1 rings (SSSR count). The van der Waals surface area contributed by atoms with Crippen LogP contribution in [0.3, 0.4) is 0 Å². The summed E-state index contributed by atoms with van der Waals surface area (Å²) in [6.07, 6.45) is 4.92. The molecule has 0 bridgehead atoms. The van der Waals surface area contributed by atoms with Crippen molar-refractivity contribution >= 4 is 16.7 Å². The average Bonchev–Trinajstić information content (AvgIpc) is 2.34. The molecular formula is C13H19NO2S. The first-order valence-corrected chi connectivity index (χ1v) is 7.42. The van der Waals surface area contributed by atoms with Crippen LogP contribution in [0.5, 0.6) is 0 Å². The van der Waals surface area contributed by atoms with Gasteiger partial charge in [-0.25, -0.2) is 0 Å². The smallest absolute Gasteiger partial charge is 0.251 e. The van der Waals surface area contributed by atoms with E-state index in [9.17, 15) is 9.00 Å². The molecule has 0 fully saturated rings. The second-order valence-electron chi connectivity index (χ2n) is 3.94. The van der Waals surface area contributed by atoms with Crippen molar-refractivity contribution in [2.45, 2.75) is 31.1 Å². The van der Waals surface area contributed by atoms with Gasteiger partial charge in [-0.3, -0.25) is 9.00 Å². The SMILES string of the molecule is CCCCCNC(=O)c1ccc(S(C)=O)cc1. The van der Waals surface area contributed by atoms with Gasteiger partial charge in [-0.05, 0) is 30.7 Å². The molecule has 0 heterocycles. The number of hydrogen-bond donors (Lipinski definition) is 1. The highest BCUT2D eigenvalue weighted by atomic mass is 32.2. The van der Waals surface area contributed by atoms with E-state index in [0.29, 0.717) is 12.1 Å². The van der Waals surface area contributed by atoms with Gasteiger partial charge in [-0.1, -0.05) is 19.8 Å². The third-order valence-electron chi connectivity index (χ3n) is 2.51. The maximum Gasteiger partial charge on any atom is 0.251 e. The van der Waals surface area contributed by atoms with E-state index in [4.69, 9.17) is 0 Å². The molecule has 17 heavy (non-hydrogen) atoms. The fourth-order valence-corrected chi connectivity index (χ4v) is 2.00. The Hall–Kier alpha value is -1.16. The summed E-state index contributed by atoms with van der Waals surface area (Å²) in [6, 6.07) is 6.89. The van der Waals surface area contributed by atoms with Crippen molar-refractivity contribution in [3.63, 3.8) is 0 Å². The van der Waals surface area contributed by atoms with Crippen LogP contribution in [-0.4, -0.2) is 22.9 Å². The van der Waals surface area contributed by atoms with Crippen molar-refractivity contribution in [2.24, 2.45) is 0 Å². The molecule has 0 saturated carbocycles. The largest absolute Gasteiger partial charge is 0.352 e. The number of unbranched alkanes of at least 4 members (excludes halogenated alkanes) is 2. The lowest BCUT2D eigenvalue weighted by Crippen LogP contribution is -2.24. The van der Waals surface area contributed by atoms with Crippen molar-refractivity contribution < 1.29 is 9.00 Å². The summed E-state index contributed by atoms with van der Waals surface area (Å²) >= 11 is 0. The summed E-state index contributed by atoms with van der Waals surface area (Å²) in [6.45, 7) is 2.85. The minimum Gasteiger partial charge on any atom is -0.352 e. The summed E-state index contributed by atoms with van der Waals surface area (Å²) in [4.78, 5) is 12.4. The first-order chi connectivity index (χ1) is 8.15. The van der Waals surface area contributed by atoms with Crippen LogP contribution in [0.25, 0.3) is 0 Å². The minimum absolute atomic E-state index is 0.0606. The van der Waals surface area contributed by atoms with Gasteiger partial charge in [0.15, 0.2) is 0 Å². The molecule has 0 spiro atoms. The summed E-state index contributed by atoms with van der Waals surface area (Å²) in [5.41, 5.74) is 0.621. The van der Waals surface area contributed by atoms with Crippen LogP contribution in [0.15, 0.2) is 29.2 Å². The lowest BCUT2D eigenvalue weighted by molar-refractivity contribution is 0.0953. The second kappa shape index (κ2) is 7.22. The molecule has 0 saturated heterocycles. The Balaban J connectivity index is 2.49. The van der Waals surface area contributed by atoms with Crippen molar-refractivity contribution in [2.75, 3.05) is 12.8 Å². The molecule has 0 radical (unpaired) electrons. The summed E-state index contributed by atoms with van der Waals surface area (Å²) in [5.74, 6) is -0.0606. The first-order valence-electron chi connectivity index (χ1n) is 5.87. The summed E-state index contributed by atoms with van der Waals surface area (Å²) in [7, 11) is -0.990. The highest BCUT2D eigenvalue weighted by Gasteiger charge is 2.05. The van der Waals surface area contributed by atoms with Crippen LogP contribution in [0, 0.1) is 0 Å². The maximum absolute atomic E-state index is 11.7. The summed E-state index contributed by atoms with van der Waals surface area (Å²) in [5, 5.41) is 2.87. The highest BCUT2D eigenvalue weighted by Crippen LogP contribution is 2.07. The predicted octanol–water partition coefficient (Wildman–Crippen LogP) is 2.34. The van der Waals surface area contributed by atoms with Gasteiger partial charge < -0.3 is 5.32 Å². The Kier molecular flexibility index (Phi) is 5.91. The van der Waals surface area contributed by atoms with Crippen LogP contribution >= 0.6 is 0 Å². The van der Waals surface area contributed by atoms with E-state index >= 15 is 0 Å². The van der Waals surface area contributed by atoms with E-state index in [1.165, 1.54) is 0 Å². The molecule has 0 aliphatic carbocycles.